The fourth-order valence-corrected chi connectivity index (χ4v) is 3.53. The SMILES string of the molecule is O=C(CC1CCCCC1)c1cccc2c1CCCN2. The summed E-state index contributed by atoms with van der Waals surface area (Å²) in [6.45, 7) is 1.03. The number of hydrogen-bond donors (Lipinski definition) is 1. The molecule has 3 rings (SSSR count). The molecule has 1 aromatic rings. The van der Waals surface area contributed by atoms with Crippen molar-refractivity contribution in [2.45, 2.75) is 51.4 Å². The van der Waals surface area contributed by atoms with Crippen molar-refractivity contribution in [3.8, 4) is 0 Å². The third kappa shape index (κ3) is 2.83. The zero-order valence-electron chi connectivity index (χ0n) is 11.6. The molecule has 2 heteroatoms. The van der Waals surface area contributed by atoms with Gasteiger partial charge < -0.3 is 5.32 Å². The molecule has 0 bridgehead atoms. The number of rotatable bonds is 3. The molecule has 1 aliphatic heterocycles. The summed E-state index contributed by atoms with van der Waals surface area (Å²) in [6, 6.07) is 6.15. The molecule has 0 radical (unpaired) electrons. The lowest BCUT2D eigenvalue weighted by atomic mass is 9.83. The lowest BCUT2D eigenvalue weighted by Crippen LogP contribution is -2.17. The van der Waals surface area contributed by atoms with E-state index in [0.29, 0.717) is 11.7 Å². The maximum Gasteiger partial charge on any atom is 0.163 e. The van der Waals surface area contributed by atoms with Crippen molar-refractivity contribution in [1.29, 1.82) is 0 Å². The Labute approximate surface area is 115 Å². The van der Waals surface area contributed by atoms with E-state index in [1.165, 1.54) is 43.4 Å². The van der Waals surface area contributed by atoms with Gasteiger partial charge in [0.1, 0.15) is 0 Å². The predicted octanol–water partition coefficient (Wildman–Crippen LogP) is 4.20. The van der Waals surface area contributed by atoms with Crippen LogP contribution in [-0.4, -0.2) is 12.3 Å². The minimum atomic E-state index is 0.368. The van der Waals surface area contributed by atoms with Crippen LogP contribution in [0.1, 0.15) is 60.9 Å². The van der Waals surface area contributed by atoms with Crippen LogP contribution in [-0.2, 0) is 6.42 Å². The summed E-state index contributed by atoms with van der Waals surface area (Å²) < 4.78 is 0. The van der Waals surface area contributed by atoms with Crippen molar-refractivity contribution in [1.82, 2.24) is 0 Å². The van der Waals surface area contributed by atoms with E-state index in [0.717, 1.165) is 31.4 Å². The summed E-state index contributed by atoms with van der Waals surface area (Å²) in [5, 5.41) is 3.41. The van der Waals surface area contributed by atoms with Crippen LogP contribution in [0.4, 0.5) is 5.69 Å². The summed E-state index contributed by atoms with van der Waals surface area (Å²) in [6.07, 6.45) is 9.43. The summed E-state index contributed by atoms with van der Waals surface area (Å²) >= 11 is 0. The van der Waals surface area contributed by atoms with Crippen LogP contribution < -0.4 is 5.32 Å². The Morgan fingerprint density at radius 3 is 2.84 bits per heavy atom. The normalized spacial score (nSPS) is 19.6. The first-order chi connectivity index (χ1) is 9.34. The van der Waals surface area contributed by atoms with E-state index >= 15 is 0 Å². The average molecular weight is 257 g/mol. The van der Waals surface area contributed by atoms with Crippen LogP contribution in [0.5, 0.6) is 0 Å². The van der Waals surface area contributed by atoms with Crippen LogP contribution in [0.3, 0.4) is 0 Å². The number of carbonyl (C=O) groups excluding carboxylic acids is 1. The average Bonchev–Trinajstić information content (AvgIpc) is 2.47. The van der Waals surface area contributed by atoms with Crippen LogP contribution in [0.2, 0.25) is 0 Å². The molecule has 1 heterocycles. The second-order valence-electron chi connectivity index (χ2n) is 5.99. The smallest absolute Gasteiger partial charge is 0.163 e. The standard InChI is InChI=1S/C17H23NO/c19-17(12-13-6-2-1-3-7-13)15-8-4-10-16-14(15)9-5-11-18-16/h4,8,10,13,18H,1-3,5-7,9,11-12H2. The van der Waals surface area contributed by atoms with Gasteiger partial charge in [-0.25, -0.2) is 0 Å². The van der Waals surface area contributed by atoms with Crippen LogP contribution in [0, 0.1) is 5.92 Å². The monoisotopic (exact) mass is 257 g/mol. The van der Waals surface area contributed by atoms with E-state index in [9.17, 15) is 4.79 Å². The minimum absolute atomic E-state index is 0.368. The third-order valence-electron chi connectivity index (χ3n) is 4.59. The first kappa shape index (κ1) is 12.7. The Kier molecular flexibility index (Phi) is 3.86. The van der Waals surface area contributed by atoms with E-state index < -0.39 is 0 Å². The highest BCUT2D eigenvalue weighted by molar-refractivity contribution is 5.99. The predicted molar refractivity (Wildman–Crippen MR) is 78.8 cm³/mol. The first-order valence-corrected chi connectivity index (χ1v) is 7.73. The van der Waals surface area contributed by atoms with E-state index in [1.54, 1.807) is 0 Å². The van der Waals surface area contributed by atoms with E-state index in [2.05, 4.69) is 11.4 Å². The van der Waals surface area contributed by atoms with Crippen LogP contribution in [0.15, 0.2) is 18.2 Å². The molecule has 19 heavy (non-hydrogen) atoms. The topological polar surface area (TPSA) is 29.1 Å². The Balaban J connectivity index is 1.75. The van der Waals surface area contributed by atoms with E-state index in [1.807, 2.05) is 12.1 Å². The zero-order chi connectivity index (χ0) is 13.1. The van der Waals surface area contributed by atoms with E-state index in [-0.39, 0.29) is 0 Å². The molecule has 1 N–H and O–H groups in total. The van der Waals surface area contributed by atoms with Gasteiger partial charge in [-0.3, -0.25) is 4.79 Å². The third-order valence-corrected chi connectivity index (χ3v) is 4.59. The van der Waals surface area contributed by atoms with Gasteiger partial charge >= 0.3 is 0 Å². The Morgan fingerprint density at radius 2 is 2.00 bits per heavy atom. The highest BCUT2D eigenvalue weighted by Gasteiger charge is 2.21. The molecule has 0 aromatic heterocycles. The van der Waals surface area contributed by atoms with Crippen molar-refractivity contribution in [3.63, 3.8) is 0 Å². The van der Waals surface area contributed by atoms with Crippen molar-refractivity contribution >= 4 is 11.5 Å². The number of hydrogen-bond acceptors (Lipinski definition) is 2. The largest absolute Gasteiger partial charge is 0.385 e. The van der Waals surface area contributed by atoms with E-state index in [4.69, 9.17) is 0 Å². The Morgan fingerprint density at radius 1 is 1.16 bits per heavy atom. The molecule has 1 aromatic carbocycles. The first-order valence-electron chi connectivity index (χ1n) is 7.73. The van der Waals surface area contributed by atoms with Gasteiger partial charge in [0.25, 0.3) is 0 Å². The number of benzene rings is 1. The number of Topliss-reactive ketones (excluding diaryl/α,β-unsaturated/α-hetero) is 1. The van der Waals surface area contributed by atoms with Gasteiger partial charge in [0.05, 0.1) is 0 Å². The maximum atomic E-state index is 12.6. The molecule has 0 amide bonds. The van der Waals surface area contributed by atoms with Crippen LogP contribution >= 0.6 is 0 Å². The molecular formula is C17H23NO. The number of fused-ring (bicyclic) bond motifs is 1. The molecule has 102 valence electrons. The molecule has 1 saturated carbocycles. The summed E-state index contributed by atoms with van der Waals surface area (Å²) in [7, 11) is 0. The number of nitrogens with one attached hydrogen (secondary N) is 1. The van der Waals surface area contributed by atoms with Gasteiger partial charge in [0.15, 0.2) is 5.78 Å². The van der Waals surface area contributed by atoms with Crippen molar-refractivity contribution in [2.24, 2.45) is 5.92 Å². The summed E-state index contributed by atoms with van der Waals surface area (Å²) in [5.41, 5.74) is 3.42. The van der Waals surface area contributed by atoms with Gasteiger partial charge in [-0.15, -0.1) is 0 Å². The molecule has 0 saturated heterocycles. The highest BCUT2D eigenvalue weighted by Crippen LogP contribution is 2.30. The summed E-state index contributed by atoms with van der Waals surface area (Å²) in [4.78, 5) is 12.6. The fraction of sp³-hybridized carbons (Fsp3) is 0.588. The molecule has 2 nitrogen and oxygen atoms in total. The lowest BCUT2D eigenvalue weighted by molar-refractivity contribution is 0.0949. The molecule has 0 atom stereocenters. The molecule has 1 aliphatic carbocycles. The van der Waals surface area contributed by atoms with Crippen molar-refractivity contribution < 1.29 is 4.79 Å². The molecule has 0 spiro atoms. The van der Waals surface area contributed by atoms with Crippen molar-refractivity contribution in [2.75, 3.05) is 11.9 Å². The zero-order valence-corrected chi connectivity index (χ0v) is 11.6. The minimum Gasteiger partial charge on any atom is -0.385 e. The van der Waals surface area contributed by atoms with Crippen molar-refractivity contribution in [3.05, 3.63) is 29.3 Å². The van der Waals surface area contributed by atoms with Gasteiger partial charge in [-0.2, -0.15) is 0 Å². The van der Waals surface area contributed by atoms with Gasteiger partial charge in [-0.05, 0) is 30.4 Å². The second-order valence-corrected chi connectivity index (χ2v) is 5.99. The summed E-state index contributed by atoms with van der Waals surface area (Å²) in [5.74, 6) is 1.00. The quantitative estimate of drug-likeness (QED) is 0.822. The number of anilines is 1. The maximum absolute atomic E-state index is 12.6. The van der Waals surface area contributed by atoms with Gasteiger partial charge in [0.2, 0.25) is 0 Å². The number of carbonyl (C=O) groups is 1. The molecule has 1 fully saturated rings. The highest BCUT2D eigenvalue weighted by atomic mass is 16.1. The molecule has 2 aliphatic rings. The molecular weight excluding hydrogens is 234 g/mol. The van der Waals surface area contributed by atoms with Crippen LogP contribution in [0.25, 0.3) is 0 Å². The second kappa shape index (κ2) is 5.77. The molecule has 0 unspecified atom stereocenters. The Bertz CT molecular complexity index is 460. The van der Waals surface area contributed by atoms with Gasteiger partial charge in [-0.1, -0.05) is 44.2 Å². The van der Waals surface area contributed by atoms with Gasteiger partial charge in [0, 0.05) is 24.2 Å². The lowest BCUT2D eigenvalue weighted by Gasteiger charge is -2.23. The number of ketones is 1. The Hall–Kier alpha value is -1.31. The fourth-order valence-electron chi connectivity index (χ4n) is 3.53.